The van der Waals surface area contributed by atoms with Gasteiger partial charge in [-0.1, -0.05) is 0 Å². The third kappa shape index (κ3) is 0.391. The molecular formula is C3H4F2O. The standard InChI is InChI=1S/C3H4F2O/c1-2-3(4,5)6-2/h2H,1H3. The molecule has 0 saturated carbocycles. The van der Waals surface area contributed by atoms with Crippen molar-refractivity contribution in [2.24, 2.45) is 0 Å². The van der Waals surface area contributed by atoms with Crippen LogP contribution in [0.25, 0.3) is 0 Å². The molecule has 0 radical (unpaired) electrons. The molecule has 1 heterocycles. The lowest BCUT2D eigenvalue weighted by atomic mass is 10.5. The van der Waals surface area contributed by atoms with Crippen LogP contribution in [0.1, 0.15) is 6.92 Å². The van der Waals surface area contributed by atoms with E-state index in [1.165, 1.54) is 6.92 Å². The molecule has 0 N–H and O–H groups in total. The molecule has 1 unspecified atom stereocenters. The zero-order valence-corrected chi connectivity index (χ0v) is 3.24. The average Bonchev–Trinajstić information content (AvgIpc) is 1.73. The molecule has 0 aromatic heterocycles. The fourth-order valence-corrected chi connectivity index (χ4v) is 0.202. The third-order valence-electron chi connectivity index (χ3n) is 0.750. The largest absolute Gasteiger partial charge is 0.382 e. The zero-order valence-electron chi connectivity index (χ0n) is 3.24. The topological polar surface area (TPSA) is 12.5 Å². The Morgan fingerprint density at radius 3 is 1.83 bits per heavy atom. The van der Waals surface area contributed by atoms with E-state index in [0.717, 1.165) is 0 Å². The third-order valence-corrected chi connectivity index (χ3v) is 0.750. The van der Waals surface area contributed by atoms with Crippen LogP contribution < -0.4 is 0 Å². The Kier molecular flexibility index (Phi) is 0.485. The molecule has 0 bridgehead atoms. The lowest BCUT2D eigenvalue weighted by Crippen LogP contribution is -1.91. The van der Waals surface area contributed by atoms with Crippen LogP contribution in [0.4, 0.5) is 8.78 Å². The molecule has 1 saturated heterocycles. The predicted molar refractivity (Wildman–Crippen MR) is 15.5 cm³/mol. The molecule has 36 valence electrons. The number of halogens is 2. The molecule has 0 aliphatic carbocycles. The molecule has 0 aromatic carbocycles. The van der Waals surface area contributed by atoms with E-state index in [0.29, 0.717) is 0 Å². The van der Waals surface area contributed by atoms with Gasteiger partial charge in [-0.25, -0.2) is 0 Å². The van der Waals surface area contributed by atoms with E-state index in [-0.39, 0.29) is 0 Å². The fourth-order valence-electron chi connectivity index (χ4n) is 0.202. The van der Waals surface area contributed by atoms with Gasteiger partial charge in [0.05, 0.1) is 0 Å². The molecule has 1 aliphatic rings. The Morgan fingerprint density at radius 1 is 1.67 bits per heavy atom. The summed E-state index contributed by atoms with van der Waals surface area (Å²) in [6.45, 7) is 1.33. The van der Waals surface area contributed by atoms with Crippen molar-refractivity contribution in [1.82, 2.24) is 0 Å². The van der Waals surface area contributed by atoms with Gasteiger partial charge in [0.25, 0.3) is 0 Å². The lowest BCUT2D eigenvalue weighted by Gasteiger charge is -1.74. The number of rotatable bonds is 0. The molecule has 1 nitrogen and oxygen atoms in total. The second kappa shape index (κ2) is 0.729. The molecule has 0 aromatic rings. The first-order valence-corrected chi connectivity index (χ1v) is 1.68. The molecular weight excluding hydrogens is 90.0 g/mol. The Bertz CT molecular complexity index is 71.2. The molecule has 1 aliphatic heterocycles. The highest BCUT2D eigenvalue weighted by Crippen LogP contribution is 2.38. The normalized spacial score (nSPS) is 39.5. The number of ether oxygens (including phenoxy) is 1. The summed E-state index contributed by atoms with van der Waals surface area (Å²) in [4.78, 5) is 0. The molecule has 0 amide bonds. The van der Waals surface area contributed by atoms with E-state index in [1.54, 1.807) is 0 Å². The van der Waals surface area contributed by atoms with Gasteiger partial charge in [0, 0.05) is 0 Å². The number of hydrogen-bond acceptors (Lipinski definition) is 1. The summed E-state index contributed by atoms with van der Waals surface area (Å²) in [7, 11) is 0. The summed E-state index contributed by atoms with van der Waals surface area (Å²) >= 11 is 0. The van der Waals surface area contributed by atoms with Crippen molar-refractivity contribution in [3.63, 3.8) is 0 Å². The minimum Gasteiger partial charge on any atom is -0.306 e. The van der Waals surface area contributed by atoms with Gasteiger partial charge in [0.1, 0.15) is 0 Å². The molecule has 0 spiro atoms. The minimum atomic E-state index is -2.79. The summed E-state index contributed by atoms with van der Waals surface area (Å²) in [5, 5.41) is 0. The van der Waals surface area contributed by atoms with E-state index in [1.807, 2.05) is 0 Å². The first-order chi connectivity index (χ1) is 2.63. The lowest BCUT2D eigenvalue weighted by molar-refractivity contribution is 0.00142. The Balaban J connectivity index is 2.41. The number of epoxide rings is 1. The van der Waals surface area contributed by atoms with Crippen LogP contribution in [0.5, 0.6) is 0 Å². The molecule has 3 heteroatoms. The first kappa shape index (κ1) is 3.99. The number of alkyl halides is 2. The van der Waals surface area contributed by atoms with Crippen molar-refractivity contribution >= 4 is 0 Å². The van der Waals surface area contributed by atoms with E-state index in [9.17, 15) is 8.78 Å². The predicted octanol–water partition coefficient (Wildman–Crippen LogP) is 0.998. The first-order valence-electron chi connectivity index (χ1n) is 1.68. The van der Waals surface area contributed by atoms with Crippen molar-refractivity contribution in [2.75, 3.05) is 0 Å². The summed E-state index contributed by atoms with van der Waals surface area (Å²) in [6.07, 6.45) is -3.63. The van der Waals surface area contributed by atoms with Crippen molar-refractivity contribution in [1.29, 1.82) is 0 Å². The van der Waals surface area contributed by atoms with Crippen LogP contribution in [0.3, 0.4) is 0 Å². The van der Waals surface area contributed by atoms with Gasteiger partial charge in [-0.15, -0.1) is 0 Å². The SMILES string of the molecule is CC1OC1(F)F. The average molecular weight is 94.1 g/mol. The maximum atomic E-state index is 11.3. The van der Waals surface area contributed by atoms with Crippen molar-refractivity contribution < 1.29 is 13.5 Å². The smallest absolute Gasteiger partial charge is 0.306 e. The summed E-state index contributed by atoms with van der Waals surface area (Å²) in [5.41, 5.74) is 0. The Hall–Kier alpha value is -0.180. The second-order valence-electron chi connectivity index (χ2n) is 1.32. The van der Waals surface area contributed by atoms with Crippen molar-refractivity contribution in [2.45, 2.75) is 19.1 Å². The van der Waals surface area contributed by atoms with E-state index in [4.69, 9.17) is 0 Å². The summed E-state index contributed by atoms with van der Waals surface area (Å²) < 4.78 is 26.4. The van der Waals surface area contributed by atoms with Crippen molar-refractivity contribution in [3.8, 4) is 0 Å². The highest BCUT2D eigenvalue weighted by Gasteiger charge is 2.56. The van der Waals surface area contributed by atoms with E-state index in [2.05, 4.69) is 4.74 Å². The maximum Gasteiger partial charge on any atom is 0.382 e. The van der Waals surface area contributed by atoms with Gasteiger partial charge in [-0.3, -0.25) is 0 Å². The van der Waals surface area contributed by atoms with E-state index < -0.39 is 12.2 Å². The van der Waals surface area contributed by atoms with Crippen LogP contribution in [0, 0.1) is 0 Å². The van der Waals surface area contributed by atoms with E-state index >= 15 is 0 Å². The van der Waals surface area contributed by atoms with Gasteiger partial charge in [-0.05, 0) is 6.92 Å². The van der Waals surface area contributed by atoms with Gasteiger partial charge < -0.3 is 4.74 Å². The van der Waals surface area contributed by atoms with Crippen LogP contribution >= 0.6 is 0 Å². The quantitative estimate of drug-likeness (QED) is 0.408. The second-order valence-corrected chi connectivity index (χ2v) is 1.32. The van der Waals surface area contributed by atoms with Gasteiger partial charge in [0.2, 0.25) is 0 Å². The molecule has 1 fully saturated rings. The summed E-state index contributed by atoms with van der Waals surface area (Å²) in [5.74, 6) is 0. The maximum absolute atomic E-state index is 11.3. The highest BCUT2D eigenvalue weighted by molar-refractivity contribution is 4.77. The molecule has 6 heavy (non-hydrogen) atoms. The summed E-state index contributed by atoms with van der Waals surface area (Å²) in [6, 6.07) is 0. The molecule has 1 atom stereocenters. The Labute approximate surface area is 33.9 Å². The Morgan fingerprint density at radius 2 is 1.83 bits per heavy atom. The van der Waals surface area contributed by atoms with Gasteiger partial charge >= 0.3 is 6.11 Å². The van der Waals surface area contributed by atoms with Crippen LogP contribution in [0.2, 0.25) is 0 Å². The number of hydrogen-bond donors (Lipinski definition) is 0. The highest BCUT2D eigenvalue weighted by atomic mass is 19.3. The van der Waals surface area contributed by atoms with Crippen LogP contribution in [-0.4, -0.2) is 12.2 Å². The minimum absolute atomic E-state index is 0.836. The van der Waals surface area contributed by atoms with Crippen LogP contribution in [-0.2, 0) is 4.74 Å². The molecule has 1 rings (SSSR count). The van der Waals surface area contributed by atoms with Gasteiger partial charge in [-0.2, -0.15) is 8.78 Å². The monoisotopic (exact) mass is 94.0 g/mol. The van der Waals surface area contributed by atoms with Crippen LogP contribution in [0.15, 0.2) is 0 Å². The fraction of sp³-hybridized carbons (Fsp3) is 1.00. The van der Waals surface area contributed by atoms with Gasteiger partial charge in [0.15, 0.2) is 6.10 Å². The zero-order chi connectivity index (χ0) is 4.78. The van der Waals surface area contributed by atoms with Crippen molar-refractivity contribution in [3.05, 3.63) is 0 Å².